The highest BCUT2D eigenvalue weighted by atomic mass is 16.6. The van der Waals surface area contributed by atoms with E-state index in [1.54, 1.807) is 4.90 Å². The second kappa shape index (κ2) is 4.00. The molecule has 0 aromatic rings. The summed E-state index contributed by atoms with van der Waals surface area (Å²) < 4.78 is 5.25. The summed E-state index contributed by atoms with van der Waals surface area (Å²) >= 11 is 0. The fourth-order valence-electron chi connectivity index (χ4n) is 1.21. The highest BCUT2D eigenvalue weighted by Crippen LogP contribution is 2.13. The van der Waals surface area contributed by atoms with Crippen molar-refractivity contribution in [3.8, 4) is 0 Å². The van der Waals surface area contributed by atoms with Gasteiger partial charge in [0.05, 0.1) is 0 Å². The number of carbonyl (C=O) groups is 1. The molecule has 0 spiro atoms. The fourth-order valence-corrected chi connectivity index (χ4v) is 1.21. The van der Waals surface area contributed by atoms with Crippen LogP contribution in [0.25, 0.3) is 0 Å². The molecule has 4 nitrogen and oxygen atoms in total. The summed E-state index contributed by atoms with van der Waals surface area (Å²) in [5.74, 6) is 0. The summed E-state index contributed by atoms with van der Waals surface area (Å²) in [6.45, 7) is 11.5. The van der Waals surface area contributed by atoms with Crippen LogP contribution in [0.3, 0.4) is 0 Å². The van der Waals surface area contributed by atoms with Crippen LogP contribution in [0.4, 0.5) is 4.79 Å². The van der Waals surface area contributed by atoms with Crippen molar-refractivity contribution in [1.82, 2.24) is 10.2 Å². The first-order valence-electron chi connectivity index (χ1n) is 4.79. The maximum absolute atomic E-state index is 11.6. The number of hydrogen-bond donors (Lipinski definition) is 1. The molecule has 0 aromatic heterocycles. The second-order valence-electron chi connectivity index (χ2n) is 4.37. The van der Waals surface area contributed by atoms with Crippen molar-refractivity contribution < 1.29 is 9.53 Å². The fraction of sp³-hybridized carbons (Fsp3) is 0.700. The first kappa shape index (κ1) is 11.0. The van der Waals surface area contributed by atoms with Gasteiger partial charge in [0.1, 0.15) is 5.60 Å². The van der Waals surface area contributed by atoms with E-state index in [0.717, 1.165) is 12.2 Å². The normalized spacial score (nSPS) is 18.2. The number of nitrogens with one attached hydrogen (secondary N) is 1. The van der Waals surface area contributed by atoms with Crippen LogP contribution in [0.5, 0.6) is 0 Å². The van der Waals surface area contributed by atoms with Crippen molar-refractivity contribution in [2.24, 2.45) is 0 Å². The molecule has 1 aliphatic rings. The molecule has 1 N–H and O–H groups in total. The van der Waals surface area contributed by atoms with Crippen LogP contribution in [0.1, 0.15) is 20.8 Å². The summed E-state index contributed by atoms with van der Waals surface area (Å²) in [6.07, 6.45) is -0.302. The number of hydrogen-bond acceptors (Lipinski definition) is 3. The summed E-state index contributed by atoms with van der Waals surface area (Å²) in [5, 5.41) is 3.13. The molecule has 0 radical (unpaired) electrons. The first-order valence-corrected chi connectivity index (χ1v) is 4.79. The number of amides is 1. The van der Waals surface area contributed by atoms with Crippen molar-refractivity contribution >= 4 is 6.09 Å². The molecule has 1 saturated heterocycles. The van der Waals surface area contributed by atoms with Crippen LogP contribution in [0.15, 0.2) is 12.3 Å². The van der Waals surface area contributed by atoms with Crippen molar-refractivity contribution in [3.63, 3.8) is 0 Å². The van der Waals surface area contributed by atoms with E-state index in [9.17, 15) is 4.79 Å². The highest BCUT2D eigenvalue weighted by Gasteiger charge is 2.25. The lowest BCUT2D eigenvalue weighted by Crippen LogP contribution is -2.46. The molecule has 1 rings (SSSR count). The van der Waals surface area contributed by atoms with Crippen LogP contribution in [0.2, 0.25) is 0 Å². The molecule has 0 aromatic carbocycles. The average Bonchev–Trinajstić information content (AvgIpc) is 2.01. The lowest BCUT2D eigenvalue weighted by atomic mass is 10.2. The van der Waals surface area contributed by atoms with Gasteiger partial charge in [-0.15, -0.1) is 0 Å². The molecule has 14 heavy (non-hydrogen) atoms. The van der Waals surface area contributed by atoms with Crippen molar-refractivity contribution in [3.05, 3.63) is 12.3 Å². The van der Waals surface area contributed by atoms with E-state index >= 15 is 0 Å². The SMILES string of the molecule is C=C1CNCCN1C(=O)OC(C)(C)C. The predicted octanol–water partition coefficient (Wildman–Crippen LogP) is 1.34. The quantitative estimate of drug-likeness (QED) is 0.638. The van der Waals surface area contributed by atoms with Crippen LogP contribution in [0, 0.1) is 0 Å². The Morgan fingerprint density at radius 1 is 1.57 bits per heavy atom. The second-order valence-corrected chi connectivity index (χ2v) is 4.37. The minimum Gasteiger partial charge on any atom is -0.443 e. The lowest BCUT2D eigenvalue weighted by molar-refractivity contribution is 0.0296. The molecule has 80 valence electrons. The van der Waals surface area contributed by atoms with E-state index in [2.05, 4.69) is 11.9 Å². The number of rotatable bonds is 0. The van der Waals surface area contributed by atoms with Crippen LogP contribution in [-0.2, 0) is 4.74 Å². The molecule has 0 saturated carbocycles. The maximum Gasteiger partial charge on any atom is 0.414 e. The van der Waals surface area contributed by atoms with E-state index in [1.807, 2.05) is 20.8 Å². The Morgan fingerprint density at radius 3 is 2.71 bits per heavy atom. The zero-order valence-corrected chi connectivity index (χ0v) is 9.09. The van der Waals surface area contributed by atoms with Crippen molar-refractivity contribution in [2.45, 2.75) is 26.4 Å². The van der Waals surface area contributed by atoms with Gasteiger partial charge < -0.3 is 10.1 Å². The lowest BCUT2D eigenvalue weighted by Gasteiger charge is -2.31. The Kier molecular flexibility index (Phi) is 3.16. The van der Waals surface area contributed by atoms with Gasteiger partial charge in [-0.3, -0.25) is 4.90 Å². The number of carbonyl (C=O) groups excluding carboxylic acids is 1. The van der Waals surface area contributed by atoms with E-state index < -0.39 is 5.60 Å². The molecule has 1 amide bonds. The summed E-state index contributed by atoms with van der Waals surface area (Å²) in [6, 6.07) is 0. The Bertz CT molecular complexity index is 243. The van der Waals surface area contributed by atoms with Crippen LogP contribution < -0.4 is 5.32 Å². The number of nitrogens with zero attached hydrogens (tertiary/aromatic N) is 1. The predicted molar refractivity (Wildman–Crippen MR) is 54.9 cm³/mol. The molecular weight excluding hydrogens is 180 g/mol. The smallest absolute Gasteiger partial charge is 0.414 e. The van der Waals surface area contributed by atoms with Crippen LogP contribution >= 0.6 is 0 Å². The van der Waals surface area contributed by atoms with Gasteiger partial charge in [0.25, 0.3) is 0 Å². The molecule has 0 aliphatic carbocycles. The van der Waals surface area contributed by atoms with Gasteiger partial charge in [0.2, 0.25) is 0 Å². The first-order chi connectivity index (χ1) is 6.40. The topological polar surface area (TPSA) is 41.6 Å². The van der Waals surface area contributed by atoms with E-state index in [4.69, 9.17) is 4.74 Å². The van der Waals surface area contributed by atoms with Gasteiger partial charge in [-0.2, -0.15) is 0 Å². The molecule has 0 atom stereocenters. The third-order valence-corrected chi connectivity index (χ3v) is 1.84. The molecule has 0 unspecified atom stereocenters. The summed E-state index contributed by atoms with van der Waals surface area (Å²) in [7, 11) is 0. The molecule has 1 heterocycles. The molecule has 4 heteroatoms. The maximum atomic E-state index is 11.6. The molecule has 0 bridgehead atoms. The monoisotopic (exact) mass is 198 g/mol. The average molecular weight is 198 g/mol. The third-order valence-electron chi connectivity index (χ3n) is 1.84. The third kappa shape index (κ3) is 3.03. The van der Waals surface area contributed by atoms with Gasteiger partial charge in [-0.25, -0.2) is 4.79 Å². The number of piperazine rings is 1. The molecular formula is C10H18N2O2. The Labute approximate surface area is 84.9 Å². The zero-order chi connectivity index (χ0) is 10.8. The Morgan fingerprint density at radius 2 is 2.21 bits per heavy atom. The van der Waals surface area contributed by atoms with Gasteiger partial charge in [0.15, 0.2) is 0 Å². The van der Waals surface area contributed by atoms with Gasteiger partial charge in [0, 0.05) is 25.3 Å². The van der Waals surface area contributed by atoms with E-state index in [-0.39, 0.29) is 6.09 Å². The minimum absolute atomic E-state index is 0.302. The zero-order valence-electron chi connectivity index (χ0n) is 9.09. The van der Waals surface area contributed by atoms with E-state index in [0.29, 0.717) is 13.1 Å². The minimum atomic E-state index is -0.442. The van der Waals surface area contributed by atoms with Crippen molar-refractivity contribution in [2.75, 3.05) is 19.6 Å². The van der Waals surface area contributed by atoms with Crippen molar-refractivity contribution in [1.29, 1.82) is 0 Å². The Balaban J connectivity index is 2.55. The standard InChI is InChI=1S/C10H18N2O2/c1-8-7-11-5-6-12(8)9(13)14-10(2,3)4/h11H,1,5-7H2,2-4H3. The largest absolute Gasteiger partial charge is 0.443 e. The number of ether oxygens (including phenoxy) is 1. The van der Waals surface area contributed by atoms with Gasteiger partial charge in [-0.05, 0) is 20.8 Å². The van der Waals surface area contributed by atoms with Crippen LogP contribution in [-0.4, -0.2) is 36.2 Å². The van der Waals surface area contributed by atoms with Gasteiger partial charge in [-0.1, -0.05) is 6.58 Å². The molecule has 1 fully saturated rings. The molecule has 1 aliphatic heterocycles. The highest BCUT2D eigenvalue weighted by molar-refractivity contribution is 5.70. The van der Waals surface area contributed by atoms with Gasteiger partial charge >= 0.3 is 6.09 Å². The Hall–Kier alpha value is -1.03. The summed E-state index contributed by atoms with van der Waals surface area (Å²) in [5.41, 5.74) is 0.327. The van der Waals surface area contributed by atoms with E-state index in [1.165, 1.54) is 0 Å². The summed E-state index contributed by atoms with van der Waals surface area (Å²) in [4.78, 5) is 13.2.